The zero-order chi connectivity index (χ0) is 13.3. The van der Waals surface area contributed by atoms with E-state index in [4.69, 9.17) is 5.11 Å². The third-order valence-electron chi connectivity index (χ3n) is 2.86. The topological polar surface area (TPSA) is 87.6 Å². The van der Waals surface area contributed by atoms with Crippen molar-refractivity contribution < 1.29 is 19.5 Å². The number of aromatic carboxylic acids is 1. The van der Waals surface area contributed by atoms with E-state index in [2.05, 4.69) is 4.98 Å². The Morgan fingerprint density at radius 1 is 1.50 bits per heavy atom. The van der Waals surface area contributed by atoms with Gasteiger partial charge < -0.3 is 5.11 Å². The third kappa shape index (κ3) is 2.22. The van der Waals surface area contributed by atoms with Crippen LogP contribution in [0.4, 0.5) is 0 Å². The molecule has 2 heterocycles. The van der Waals surface area contributed by atoms with Crippen molar-refractivity contribution in [3.63, 3.8) is 0 Å². The van der Waals surface area contributed by atoms with Crippen LogP contribution in [0.3, 0.4) is 0 Å². The van der Waals surface area contributed by atoms with Crippen LogP contribution in [0, 0.1) is 5.92 Å². The second-order valence-electron chi connectivity index (χ2n) is 4.27. The summed E-state index contributed by atoms with van der Waals surface area (Å²) >= 11 is 0. The molecule has 2 amide bonds. The van der Waals surface area contributed by atoms with Crippen molar-refractivity contribution in [2.24, 2.45) is 5.92 Å². The Bertz CT molecular complexity index is 509. The van der Waals surface area contributed by atoms with E-state index in [9.17, 15) is 14.4 Å². The molecule has 1 atom stereocenters. The molecule has 1 aliphatic heterocycles. The molecule has 1 aliphatic rings. The average Bonchev–Trinajstić information content (AvgIpc) is 2.57. The first-order chi connectivity index (χ1) is 8.49. The number of amides is 2. The van der Waals surface area contributed by atoms with Gasteiger partial charge in [-0.2, -0.15) is 0 Å². The lowest BCUT2D eigenvalue weighted by atomic mass is 10.1. The van der Waals surface area contributed by atoms with Crippen LogP contribution in [0.25, 0.3) is 0 Å². The van der Waals surface area contributed by atoms with E-state index in [1.807, 2.05) is 0 Å². The largest absolute Gasteiger partial charge is 0.478 e. The van der Waals surface area contributed by atoms with Crippen molar-refractivity contribution in [2.45, 2.75) is 19.9 Å². The Morgan fingerprint density at radius 2 is 2.22 bits per heavy atom. The number of likely N-dealkylation sites (tertiary alicyclic amines) is 1. The van der Waals surface area contributed by atoms with Crippen LogP contribution in [-0.2, 0) is 16.1 Å². The second-order valence-corrected chi connectivity index (χ2v) is 4.27. The van der Waals surface area contributed by atoms with Crippen molar-refractivity contribution in [1.29, 1.82) is 0 Å². The van der Waals surface area contributed by atoms with Crippen molar-refractivity contribution in [2.75, 3.05) is 0 Å². The highest BCUT2D eigenvalue weighted by molar-refractivity contribution is 6.03. The third-order valence-corrected chi connectivity index (χ3v) is 2.86. The number of carboxylic acid groups (broad SMARTS) is 1. The number of rotatable bonds is 3. The number of imide groups is 1. The van der Waals surface area contributed by atoms with Gasteiger partial charge in [-0.05, 0) is 12.1 Å². The van der Waals surface area contributed by atoms with Gasteiger partial charge in [0.15, 0.2) is 0 Å². The summed E-state index contributed by atoms with van der Waals surface area (Å²) in [6.45, 7) is 1.81. The number of hydrogen-bond donors (Lipinski definition) is 1. The van der Waals surface area contributed by atoms with Crippen molar-refractivity contribution in [3.05, 3.63) is 29.6 Å². The Morgan fingerprint density at radius 3 is 2.67 bits per heavy atom. The minimum Gasteiger partial charge on any atom is -0.478 e. The standard InChI is InChI=1S/C12H12N2O4/c1-7-4-10(15)14(11(7)16)6-9-3-2-8(5-13-9)12(17)18/h2-3,5,7H,4,6H2,1H3,(H,17,18). The summed E-state index contributed by atoms with van der Waals surface area (Å²) in [6.07, 6.45) is 1.44. The van der Waals surface area contributed by atoms with Crippen LogP contribution >= 0.6 is 0 Å². The zero-order valence-corrected chi connectivity index (χ0v) is 9.79. The van der Waals surface area contributed by atoms with Gasteiger partial charge in [-0.1, -0.05) is 6.92 Å². The van der Waals surface area contributed by atoms with Gasteiger partial charge in [0.05, 0.1) is 17.8 Å². The highest BCUT2D eigenvalue weighted by Crippen LogP contribution is 2.20. The summed E-state index contributed by atoms with van der Waals surface area (Å²) < 4.78 is 0. The highest BCUT2D eigenvalue weighted by Gasteiger charge is 2.35. The lowest BCUT2D eigenvalue weighted by Crippen LogP contribution is -2.30. The summed E-state index contributed by atoms with van der Waals surface area (Å²) in [5.41, 5.74) is 0.571. The molecule has 6 nitrogen and oxygen atoms in total. The Labute approximate surface area is 103 Å². The van der Waals surface area contributed by atoms with Crippen molar-refractivity contribution in [1.82, 2.24) is 9.88 Å². The van der Waals surface area contributed by atoms with Crippen molar-refractivity contribution in [3.8, 4) is 0 Å². The lowest BCUT2D eigenvalue weighted by molar-refractivity contribution is -0.140. The first kappa shape index (κ1) is 12.2. The molecule has 0 spiro atoms. The van der Waals surface area contributed by atoms with Gasteiger partial charge in [-0.25, -0.2) is 4.79 Å². The Balaban J connectivity index is 2.12. The minimum absolute atomic E-state index is 0.0752. The van der Waals surface area contributed by atoms with E-state index in [-0.39, 0.29) is 36.3 Å². The fourth-order valence-corrected chi connectivity index (χ4v) is 1.82. The molecule has 0 saturated carbocycles. The molecular formula is C12H12N2O4. The summed E-state index contributed by atoms with van der Waals surface area (Å²) in [5, 5.41) is 8.72. The number of hydrogen-bond acceptors (Lipinski definition) is 4. The van der Waals surface area contributed by atoms with E-state index < -0.39 is 5.97 Å². The molecule has 18 heavy (non-hydrogen) atoms. The highest BCUT2D eigenvalue weighted by atomic mass is 16.4. The maximum absolute atomic E-state index is 11.7. The van der Waals surface area contributed by atoms with E-state index in [0.29, 0.717) is 5.69 Å². The van der Waals surface area contributed by atoms with Crippen LogP contribution in [0.15, 0.2) is 18.3 Å². The lowest BCUT2D eigenvalue weighted by Gasteiger charge is -2.13. The molecule has 0 bridgehead atoms. The van der Waals surface area contributed by atoms with Gasteiger partial charge in [0, 0.05) is 18.5 Å². The van der Waals surface area contributed by atoms with Crippen molar-refractivity contribution >= 4 is 17.8 Å². The summed E-state index contributed by atoms with van der Waals surface area (Å²) in [4.78, 5) is 39.0. The van der Waals surface area contributed by atoms with E-state index in [0.717, 1.165) is 4.90 Å². The fourth-order valence-electron chi connectivity index (χ4n) is 1.82. The zero-order valence-electron chi connectivity index (χ0n) is 9.79. The molecule has 1 unspecified atom stereocenters. The van der Waals surface area contributed by atoms with Crippen LogP contribution in [0.5, 0.6) is 0 Å². The molecule has 0 aliphatic carbocycles. The Kier molecular flexibility index (Phi) is 3.10. The second kappa shape index (κ2) is 4.56. The minimum atomic E-state index is -1.06. The molecular weight excluding hydrogens is 236 g/mol. The van der Waals surface area contributed by atoms with Gasteiger partial charge >= 0.3 is 5.97 Å². The summed E-state index contributed by atoms with van der Waals surface area (Å²) in [6, 6.07) is 2.91. The SMILES string of the molecule is CC1CC(=O)N(Cc2ccc(C(=O)O)cn2)C1=O. The molecule has 1 aromatic heterocycles. The first-order valence-corrected chi connectivity index (χ1v) is 5.51. The van der Waals surface area contributed by atoms with Gasteiger partial charge in [0.25, 0.3) is 0 Å². The molecule has 1 fully saturated rings. The van der Waals surface area contributed by atoms with Gasteiger partial charge in [0.2, 0.25) is 11.8 Å². The smallest absolute Gasteiger partial charge is 0.337 e. The maximum atomic E-state index is 11.7. The number of nitrogens with zero attached hydrogens (tertiary/aromatic N) is 2. The number of carbonyl (C=O) groups excluding carboxylic acids is 2. The number of carboxylic acids is 1. The monoisotopic (exact) mass is 248 g/mol. The predicted molar refractivity (Wildman–Crippen MR) is 60.5 cm³/mol. The first-order valence-electron chi connectivity index (χ1n) is 5.51. The van der Waals surface area contributed by atoms with E-state index in [1.165, 1.54) is 18.3 Å². The Hall–Kier alpha value is -2.24. The van der Waals surface area contributed by atoms with E-state index >= 15 is 0 Å². The molecule has 6 heteroatoms. The fraction of sp³-hybridized carbons (Fsp3) is 0.333. The molecule has 1 N–H and O–H groups in total. The molecule has 0 radical (unpaired) electrons. The number of pyridine rings is 1. The number of carbonyl (C=O) groups is 3. The van der Waals surface area contributed by atoms with E-state index in [1.54, 1.807) is 6.92 Å². The normalized spacial score (nSPS) is 19.4. The average molecular weight is 248 g/mol. The predicted octanol–water partition coefficient (Wildman–Crippen LogP) is 0.675. The maximum Gasteiger partial charge on any atom is 0.337 e. The summed E-state index contributed by atoms with van der Waals surface area (Å²) in [7, 11) is 0. The van der Waals surface area contributed by atoms with Gasteiger partial charge in [-0.3, -0.25) is 19.5 Å². The molecule has 2 rings (SSSR count). The van der Waals surface area contributed by atoms with Crippen LogP contribution < -0.4 is 0 Å². The molecule has 1 aromatic rings. The van der Waals surface area contributed by atoms with Crippen LogP contribution in [0.1, 0.15) is 29.4 Å². The van der Waals surface area contributed by atoms with Gasteiger partial charge in [0.1, 0.15) is 0 Å². The van der Waals surface area contributed by atoms with Crippen LogP contribution in [-0.4, -0.2) is 32.8 Å². The number of aromatic nitrogens is 1. The molecule has 94 valence electrons. The van der Waals surface area contributed by atoms with Crippen LogP contribution in [0.2, 0.25) is 0 Å². The molecule has 0 aromatic carbocycles. The molecule has 1 saturated heterocycles. The quantitative estimate of drug-likeness (QED) is 0.794. The summed E-state index contributed by atoms with van der Waals surface area (Å²) in [5.74, 6) is -1.76. The van der Waals surface area contributed by atoms with Gasteiger partial charge in [-0.15, -0.1) is 0 Å².